The number of alkyl carbamates (subject to hydrolysis) is 1. The molecule has 0 aliphatic carbocycles. The van der Waals surface area contributed by atoms with Gasteiger partial charge in [-0.2, -0.15) is 0 Å². The average Bonchev–Trinajstić information content (AvgIpc) is 3.28. The number of rotatable bonds is 11. The topological polar surface area (TPSA) is 207 Å². The summed E-state index contributed by atoms with van der Waals surface area (Å²) in [4.78, 5) is 68.0. The van der Waals surface area contributed by atoms with Gasteiger partial charge in [-0.3, -0.25) is 19.1 Å². The Labute approximate surface area is 251 Å². The van der Waals surface area contributed by atoms with E-state index in [0.29, 0.717) is 0 Å². The molecule has 2 heterocycles. The first-order chi connectivity index (χ1) is 19.5. The van der Waals surface area contributed by atoms with E-state index in [0.717, 1.165) is 4.57 Å². The fourth-order valence-electron chi connectivity index (χ4n) is 4.16. The molecule has 42 heavy (non-hydrogen) atoms. The van der Waals surface area contributed by atoms with Crippen LogP contribution in [0.2, 0.25) is 0 Å². The van der Waals surface area contributed by atoms with Crippen LogP contribution in [0, 0.1) is 11.8 Å². The Morgan fingerprint density at radius 2 is 1.83 bits per heavy atom. The lowest BCUT2D eigenvalue weighted by atomic mass is 10.00. The number of hydrogen-bond donors (Lipinski definition) is 3. The summed E-state index contributed by atoms with van der Waals surface area (Å²) in [7, 11) is 0. The summed E-state index contributed by atoms with van der Waals surface area (Å²) in [5, 5.41) is 8.94. The van der Waals surface area contributed by atoms with E-state index in [9.17, 15) is 24.0 Å². The van der Waals surface area contributed by atoms with Gasteiger partial charge >= 0.3 is 17.8 Å². The van der Waals surface area contributed by atoms with Crippen LogP contribution in [0.25, 0.3) is 10.4 Å². The molecular formula is C26H38BrN7O8. The zero-order chi connectivity index (χ0) is 31.9. The molecule has 0 spiro atoms. The smallest absolute Gasteiger partial charge is 0.408 e. The van der Waals surface area contributed by atoms with E-state index in [1.54, 1.807) is 48.5 Å². The standard InChI is InChI=1S/C26H38BrN7O8/c1-9-16(20-15(32-33-28)10-17(41-20)34-11-14(27)21(35)31-24(34)38)40-23(37)19(13(4)5)29-22(36)18(12(2)3)30-25(39)42-26(6,7)8/h9,11-13,15-20H,1,10H2,2-8H3,(H,29,36)(H,30,39)(H,31,35,38)/t15-,16?,17+,18-,19-,20-/m0/s1. The molecule has 1 aromatic rings. The molecule has 1 aliphatic heterocycles. The van der Waals surface area contributed by atoms with Gasteiger partial charge in [-0.25, -0.2) is 14.4 Å². The van der Waals surface area contributed by atoms with Crippen molar-refractivity contribution in [2.45, 2.75) is 97.0 Å². The fourth-order valence-corrected chi connectivity index (χ4v) is 4.48. The second-order valence-electron chi connectivity index (χ2n) is 11.4. The van der Waals surface area contributed by atoms with E-state index in [1.807, 2.05) is 0 Å². The molecule has 16 heteroatoms. The monoisotopic (exact) mass is 655 g/mol. The van der Waals surface area contributed by atoms with Crippen LogP contribution in [-0.2, 0) is 23.8 Å². The molecule has 0 radical (unpaired) electrons. The summed E-state index contributed by atoms with van der Waals surface area (Å²) in [5.74, 6) is -2.21. The summed E-state index contributed by atoms with van der Waals surface area (Å²) >= 11 is 3.07. The third kappa shape index (κ3) is 9.19. The van der Waals surface area contributed by atoms with Crippen molar-refractivity contribution in [1.29, 1.82) is 0 Å². The van der Waals surface area contributed by atoms with Crippen LogP contribution in [0.3, 0.4) is 0 Å². The number of H-pyrrole nitrogens is 1. The van der Waals surface area contributed by atoms with Crippen LogP contribution in [0.1, 0.15) is 61.1 Å². The predicted octanol–water partition coefficient (Wildman–Crippen LogP) is 3.05. The number of carbonyl (C=O) groups is 3. The van der Waals surface area contributed by atoms with E-state index in [1.165, 1.54) is 12.3 Å². The van der Waals surface area contributed by atoms with Gasteiger partial charge in [0.15, 0.2) is 0 Å². The average molecular weight is 657 g/mol. The maximum atomic E-state index is 13.3. The molecule has 2 rings (SSSR count). The first kappa shape index (κ1) is 34.6. The van der Waals surface area contributed by atoms with Gasteiger partial charge in [-0.15, -0.1) is 0 Å². The molecular weight excluding hydrogens is 618 g/mol. The summed E-state index contributed by atoms with van der Waals surface area (Å²) in [6.45, 7) is 15.6. The predicted molar refractivity (Wildman–Crippen MR) is 155 cm³/mol. The SMILES string of the molecule is C=CC(OC(=O)[C@@H](NC(=O)[C@@H](NC(=O)OC(C)(C)C)C(C)C)C(C)C)[C@H]1O[C@@H](n2cc(Br)c(=O)[nH]c2=O)C[C@@H]1N=[N+]=[N-]. The second kappa shape index (κ2) is 14.5. The number of amides is 2. The molecule has 3 N–H and O–H groups in total. The summed E-state index contributed by atoms with van der Waals surface area (Å²) in [6, 6.07) is -3.01. The maximum Gasteiger partial charge on any atom is 0.408 e. The van der Waals surface area contributed by atoms with Gasteiger partial charge in [0.2, 0.25) is 5.91 Å². The van der Waals surface area contributed by atoms with E-state index in [4.69, 9.17) is 19.7 Å². The Morgan fingerprint density at radius 3 is 2.36 bits per heavy atom. The maximum absolute atomic E-state index is 13.3. The minimum absolute atomic E-state index is 0.0335. The second-order valence-corrected chi connectivity index (χ2v) is 12.3. The van der Waals surface area contributed by atoms with Gasteiger partial charge in [-0.1, -0.05) is 39.4 Å². The number of hydrogen-bond acceptors (Lipinski definition) is 9. The molecule has 15 nitrogen and oxygen atoms in total. The van der Waals surface area contributed by atoms with Crippen molar-refractivity contribution >= 4 is 33.9 Å². The highest BCUT2D eigenvalue weighted by Gasteiger charge is 2.43. The number of nitrogens with zero attached hydrogens (tertiary/aromatic N) is 4. The normalized spacial score (nSPS) is 20.7. The third-order valence-corrected chi connectivity index (χ3v) is 6.78. The molecule has 232 valence electrons. The van der Waals surface area contributed by atoms with Gasteiger partial charge in [0.1, 0.15) is 36.1 Å². The van der Waals surface area contributed by atoms with Crippen molar-refractivity contribution in [3.8, 4) is 0 Å². The lowest BCUT2D eigenvalue weighted by Gasteiger charge is -2.29. The number of azide groups is 1. The quantitative estimate of drug-likeness (QED) is 0.106. The van der Waals surface area contributed by atoms with Gasteiger partial charge < -0.3 is 24.8 Å². The fraction of sp³-hybridized carbons (Fsp3) is 0.654. The van der Waals surface area contributed by atoms with Crippen LogP contribution in [0.5, 0.6) is 0 Å². The third-order valence-electron chi connectivity index (χ3n) is 6.22. The van der Waals surface area contributed by atoms with Crippen LogP contribution < -0.4 is 21.9 Å². The number of ether oxygens (including phenoxy) is 3. The zero-order valence-electron chi connectivity index (χ0n) is 24.6. The van der Waals surface area contributed by atoms with E-state index >= 15 is 0 Å². The van der Waals surface area contributed by atoms with E-state index in [2.05, 4.69) is 48.2 Å². The van der Waals surface area contributed by atoms with Crippen LogP contribution in [-0.4, -0.2) is 63.5 Å². The molecule has 1 aliphatic rings. The van der Waals surface area contributed by atoms with Crippen LogP contribution in [0.4, 0.5) is 4.79 Å². The molecule has 0 saturated carbocycles. The molecule has 2 amide bonds. The minimum atomic E-state index is -1.14. The minimum Gasteiger partial charge on any atom is -0.454 e. The van der Waals surface area contributed by atoms with Crippen molar-refractivity contribution in [3.05, 3.63) is 54.6 Å². The molecule has 0 aromatic carbocycles. The van der Waals surface area contributed by atoms with Crippen molar-refractivity contribution in [2.24, 2.45) is 17.0 Å². The van der Waals surface area contributed by atoms with Crippen LogP contribution >= 0.6 is 15.9 Å². The molecule has 1 saturated heterocycles. The largest absolute Gasteiger partial charge is 0.454 e. The first-order valence-electron chi connectivity index (χ1n) is 13.3. The highest BCUT2D eigenvalue weighted by atomic mass is 79.9. The summed E-state index contributed by atoms with van der Waals surface area (Å²) < 4.78 is 18.1. The molecule has 1 fully saturated rings. The number of nitrogens with one attached hydrogen (secondary N) is 3. The van der Waals surface area contributed by atoms with Gasteiger partial charge in [0, 0.05) is 17.5 Å². The van der Waals surface area contributed by atoms with Crippen molar-refractivity contribution in [1.82, 2.24) is 20.2 Å². The lowest BCUT2D eigenvalue weighted by Crippen LogP contribution is -2.56. The zero-order valence-corrected chi connectivity index (χ0v) is 26.2. The van der Waals surface area contributed by atoms with Crippen molar-refractivity contribution in [2.75, 3.05) is 0 Å². The number of halogens is 1. The Kier molecular flexibility index (Phi) is 12.0. The van der Waals surface area contributed by atoms with E-state index < -0.39 is 77.3 Å². The number of aromatic nitrogens is 2. The van der Waals surface area contributed by atoms with Crippen molar-refractivity contribution < 1.29 is 28.6 Å². The number of aromatic amines is 1. The highest BCUT2D eigenvalue weighted by molar-refractivity contribution is 9.10. The van der Waals surface area contributed by atoms with Gasteiger partial charge in [0.25, 0.3) is 5.56 Å². The highest BCUT2D eigenvalue weighted by Crippen LogP contribution is 2.33. The molecule has 6 atom stereocenters. The Balaban J connectivity index is 2.24. The summed E-state index contributed by atoms with van der Waals surface area (Å²) in [5.41, 5.74) is 6.96. The number of carbonyl (C=O) groups excluding carboxylic acids is 3. The Hall–Kier alpha value is -3.62. The first-order valence-corrected chi connectivity index (χ1v) is 14.1. The van der Waals surface area contributed by atoms with Crippen molar-refractivity contribution in [3.63, 3.8) is 0 Å². The number of esters is 1. The Morgan fingerprint density at radius 1 is 1.21 bits per heavy atom. The molecule has 0 bridgehead atoms. The molecule has 1 aromatic heterocycles. The van der Waals surface area contributed by atoms with Gasteiger partial charge in [0.05, 0.1) is 10.5 Å². The van der Waals surface area contributed by atoms with Crippen LogP contribution in [0.15, 0.2) is 38.0 Å². The lowest BCUT2D eigenvalue weighted by molar-refractivity contribution is -0.159. The van der Waals surface area contributed by atoms with Gasteiger partial charge in [-0.05, 0) is 60.1 Å². The Bertz CT molecular complexity index is 1330. The van der Waals surface area contributed by atoms with E-state index in [-0.39, 0.29) is 16.8 Å². The summed E-state index contributed by atoms with van der Waals surface area (Å²) in [6.07, 6.45) is -1.35. The molecule has 1 unspecified atom stereocenters.